The predicted octanol–water partition coefficient (Wildman–Crippen LogP) is 5.21. The normalized spacial score (nSPS) is 11.2. The van der Waals surface area contributed by atoms with Crippen LogP contribution < -0.4 is 0 Å². The third-order valence-electron chi connectivity index (χ3n) is 3.32. The molecule has 0 N–H and O–H groups in total. The van der Waals surface area contributed by atoms with Crippen LogP contribution in [0.25, 0.3) is 21.5 Å². The van der Waals surface area contributed by atoms with Crippen LogP contribution in [0, 0.1) is 0 Å². The minimum Gasteiger partial charge on any atom is -0.0837 e. The minimum atomic E-state index is 0.836. The van der Waals surface area contributed by atoms with Gasteiger partial charge in [-0.15, -0.1) is 0 Å². The molecular formula is C16H13Cl. The van der Waals surface area contributed by atoms with Crippen LogP contribution in [-0.4, -0.2) is 0 Å². The number of fused-ring (bicyclic) bond motifs is 2. The van der Waals surface area contributed by atoms with Crippen molar-refractivity contribution in [3.8, 4) is 0 Å². The molecule has 17 heavy (non-hydrogen) atoms. The van der Waals surface area contributed by atoms with Crippen LogP contribution in [-0.2, 0) is 6.42 Å². The molecule has 0 aliphatic heterocycles. The first-order valence-corrected chi connectivity index (χ1v) is 6.28. The molecule has 0 aromatic heterocycles. The first-order chi connectivity index (χ1) is 8.31. The van der Waals surface area contributed by atoms with E-state index in [2.05, 4.69) is 43.3 Å². The lowest BCUT2D eigenvalue weighted by Crippen LogP contribution is -1.87. The summed E-state index contributed by atoms with van der Waals surface area (Å²) in [6.45, 7) is 2.20. The van der Waals surface area contributed by atoms with Crippen molar-refractivity contribution in [3.05, 3.63) is 59.1 Å². The third-order valence-corrected chi connectivity index (χ3v) is 3.65. The van der Waals surface area contributed by atoms with Crippen molar-refractivity contribution >= 4 is 33.1 Å². The highest BCUT2D eigenvalue weighted by Crippen LogP contribution is 2.32. The average molecular weight is 241 g/mol. The van der Waals surface area contributed by atoms with Gasteiger partial charge in [0.1, 0.15) is 0 Å². The molecule has 3 rings (SSSR count). The fraction of sp³-hybridized carbons (Fsp3) is 0.125. The van der Waals surface area contributed by atoms with Crippen LogP contribution >= 0.6 is 11.6 Å². The first-order valence-electron chi connectivity index (χ1n) is 5.90. The Hall–Kier alpha value is -1.53. The number of benzene rings is 3. The second kappa shape index (κ2) is 4.05. The van der Waals surface area contributed by atoms with Crippen molar-refractivity contribution < 1.29 is 0 Å². The number of hydrogen-bond acceptors (Lipinski definition) is 0. The Labute approximate surface area is 106 Å². The van der Waals surface area contributed by atoms with Crippen LogP contribution in [0.2, 0.25) is 5.02 Å². The summed E-state index contributed by atoms with van der Waals surface area (Å²) >= 11 is 6.29. The number of hydrogen-bond donors (Lipinski definition) is 0. The molecule has 0 amide bonds. The second-order valence-corrected chi connectivity index (χ2v) is 4.67. The fourth-order valence-electron chi connectivity index (χ4n) is 2.53. The van der Waals surface area contributed by atoms with Gasteiger partial charge in [0, 0.05) is 10.4 Å². The maximum atomic E-state index is 6.29. The van der Waals surface area contributed by atoms with Gasteiger partial charge in [-0.1, -0.05) is 54.9 Å². The predicted molar refractivity (Wildman–Crippen MR) is 75.8 cm³/mol. The standard InChI is InChI=1S/C16H13Cl/c1-2-12-13-7-4-3-6-11(13)10-15-14(12)8-5-9-16(15)17/h3-10H,2H2,1H3. The molecule has 0 bridgehead atoms. The van der Waals surface area contributed by atoms with E-state index in [1.807, 2.05) is 12.1 Å². The highest BCUT2D eigenvalue weighted by molar-refractivity contribution is 6.36. The topological polar surface area (TPSA) is 0 Å². The Bertz CT molecular complexity index is 698. The maximum Gasteiger partial charge on any atom is 0.0484 e. The van der Waals surface area contributed by atoms with Gasteiger partial charge in [0.25, 0.3) is 0 Å². The summed E-state index contributed by atoms with van der Waals surface area (Å²) in [6.07, 6.45) is 1.03. The Balaban J connectivity index is 2.58. The van der Waals surface area contributed by atoms with E-state index in [-0.39, 0.29) is 0 Å². The van der Waals surface area contributed by atoms with Crippen LogP contribution in [0.4, 0.5) is 0 Å². The molecule has 0 aliphatic rings. The monoisotopic (exact) mass is 240 g/mol. The minimum absolute atomic E-state index is 0.836. The summed E-state index contributed by atoms with van der Waals surface area (Å²) in [5, 5.41) is 5.88. The smallest absolute Gasteiger partial charge is 0.0484 e. The summed E-state index contributed by atoms with van der Waals surface area (Å²) in [6, 6.07) is 16.8. The van der Waals surface area contributed by atoms with Gasteiger partial charge in [0.2, 0.25) is 0 Å². The van der Waals surface area contributed by atoms with E-state index in [9.17, 15) is 0 Å². The Morgan fingerprint density at radius 3 is 2.47 bits per heavy atom. The number of rotatable bonds is 1. The highest BCUT2D eigenvalue weighted by Gasteiger charge is 2.07. The lowest BCUT2D eigenvalue weighted by atomic mass is 9.95. The van der Waals surface area contributed by atoms with Gasteiger partial charge in [-0.3, -0.25) is 0 Å². The van der Waals surface area contributed by atoms with Gasteiger partial charge < -0.3 is 0 Å². The molecule has 0 saturated carbocycles. The average Bonchev–Trinajstić information content (AvgIpc) is 2.37. The zero-order valence-electron chi connectivity index (χ0n) is 9.70. The zero-order chi connectivity index (χ0) is 11.8. The Morgan fingerprint density at radius 1 is 0.882 bits per heavy atom. The van der Waals surface area contributed by atoms with Gasteiger partial charge >= 0.3 is 0 Å². The van der Waals surface area contributed by atoms with E-state index in [4.69, 9.17) is 11.6 Å². The lowest BCUT2D eigenvalue weighted by Gasteiger charge is -2.10. The molecule has 0 saturated heterocycles. The van der Waals surface area contributed by atoms with E-state index in [0.717, 1.165) is 16.8 Å². The molecule has 1 heteroatoms. The van der Waals surface area contributed by atoms with Gasteiger partial charge in [0.05, 0.1) is 0 Å². The van der Waals surface area contributed by atoms with E-state index >= 15 is 0 Å². The Morgan fingerprint density at radius 2 is 1.65 bits per heavy atom. The third kappa shape index (κ3) is 1.60. The largest absolute Gasteiger partial charge is 0.0837 e. The second-order valence-electron chi connectivity index (χ2n) is 4.26. The van der Waals surface area contributed by atoms with Crippen molar-refractivity contribution in [2.75, 3.05) is 0 Å². The van der Waals surface area contributed by atoms with Gasteiger partial charge in [-0.25, -0.2) is 0 Å². The Kier molecular flexibility index (Phi) is 2.53. The molecule has 84 valence electrons. The van der Waals surface area contributed by atoms with Gasteiger partial charge in [-0.05, 0) is 40.3 Å². The van der Waals surface area contributed by atoms with Crippen molar-refractivity contribution in [3.63, 3.8) is 0 Å². The van der Waals surface area contributed by atoms with Crippen molar-refractivity contribution in [1.82, 2.24) is 0 Å². The molecule has 0 unspecified atom stereocenters. The molecule has 0 aliphatic carbocycles. The fourth-order valence-corrected chi connectivity index (χ4v) is 2.76. The highest BCUT2D eigenvalue weighted by atomic mass is 35.5. The van der Waals surface area contributed by atoms with E-state index in [0.29, 0.717) is 0 Å². The van der Waals surface area contributed by atoms with Crippen molar-refractivity contribution in [1.29, 1.82) is 0 Å². The SMILES string of the molecule is CCc1c2ccccc2cc2c(Cl)cccc12. The molecule has 0 spiro atoms. The van der Waals surface area contributed by atoms with E-state index < -0.39 is 0 Å². The number of halogens is 1. The quantitative estimate of drug-likeness (QED) is 0.513. The lowest BCUT2D eigenvalue weighted by molar-refractivity contribution is 1.18. The summed E-state index contributed by atoms with van der Waals surface area (Å²) in [7, 11) is 0. The molecule has 3 aromatic rings. The van der Waals surface area contributed by atoms with Crippen molar-refractivity contribution in [2.24, 2.45) is 0 Å². The molecule has 0 fully saturated rings. The molecule has 0 atom stereocenters. The summed E-state index contributed by atoms with van der Waals surface area (Å²) in [5.41, 5.74) is 1.39. The maximum absolute atomic E-state index is 6.29. The molecule has 0 nitrogen and oxygen atoms in total. The zero-order valence-corrected chi connectivity index (χ0v) is 10.5. The van der Waals surface area contributed by atoms with Crippen LogP contribution in [0.5, 0.6) is 0 Å². The molecule has 0 radical (unpaired) electrons. The van der Waals surface area contributed by atoms with Crippen LogP contribution in [0.1, 0.15) is 12.5 Å². The number of aryl methyl sites for hydroxylation is 1. The van der Waals surface area contributed by atoms with E-state index in [1.54, 1.807) is 0 Å². The van der Waals surface area contributed by atoms with Crippen molar-refractivity contribution in [2.45, 2.75) is 13.3 Å². The summed E-state index contributed by atoms with van der Waals surface area (Å²) in [4.78, 5) is 0. The first kappa shape index (κ1) is 10.6. The molecule has 0 heterocycles. The molecular weight excluding hydrogens is 228 g/mol. The van der Waals surface area contributed by atoms with Gasteiger partial charge in [-0.2, -0.15) is 0 Å². The summed E-state index contributed by atoms with van der Waals surface area (Å²) in [5.74, 6) is 0. The summed E-state index contributed by atoms with van der Waals surface area (Å²) < 4.78 is 0. The van der Waals surface area contributed by atoms with E-state index in [1.165, 1.54) is 21.7 Å². The van der Waals surface area contributed by atoms with Crippen LogP contribution in [0.15, 0.2) is 48.5 Å². The van der Waals surface area contributed by atoms with Crippen LogP contribution in [0.3, 0.4) is 0 Å². The molecule has 3 aromatic carbocycles. The van der Waals surface area contributed by atoms with Gasteiger partial charge in [0.15, 0.2) is 0 Å².